The van der Waals surface area contributed by atoms with Crippen LogP contribution >= 0.6 is 11.6 Å². The van der Waals surface area contributed by atoms with Crippen LogP contribution in [0.1, 0.15) is 161 Å². The van der Waals surface area contributed by atoms with Crippen molar-refractivity contribution in [3.05, 3.63) is 34.3 Å². The third-order valence-electron chi connectivity index (χ3n) is 19.2. The lowest BCUT2D eigenvalue weighted by molar-refractivity contribution is -0.149. The lowest BCUT2D eigenvalue weighted by Gasteiger charge is -2.39. The molecule has 0 radical (unpaired) electrons. The van der Waals surface area contributed by atoms with E-state index in [2.05, 4.69) is 21.3 Å². The smallest absolute Gasteiger partial charge is 0.351 e. The number of nitrogens with zero attached hydrogens (tertiary/aromatic N) is 7. The number of carbonyl (C=O) groups excluding carboxylic acids is 11. The summed E-state index contributed by atoms with van der Waals surface area (Å²) in [4.78, 5) is 168. The van der Waals surface area contributed by atoms with Crippen molar-refractivity contribution in [2.75, 3.05) is 68.5 Å². The average molecular weight is 1290 g/mol. The maximum absolute atomic E-state index is 15.0. The fourth-order valence-corrected chi connectivity index (χ4v) is 13.6. The van der Waals surface area contributed by atoms with Gasteiger partial charge in [0.2, 0.25) is 65.0 Å². The molecule has 5 fully saturated rings. The summed E-state index contributed by atoms with van der Waals surface area (Å²) in [5, 5.41) is 11.0. The van der Waals surface area contributed by atoms with Crippen LogP contribution in [-0.2, 0) is 65.3 Å². The second kappa shape index (κ2) is 31.7. The maximum Gasteiger partial charge on any atom is 0.417 e. The van der Waals surface area contributed by atoms with E-state index in [-0.39, 0.29) is 63.3 Å². The molecule has 90 heavy (non-hydrogen) atoms. The third kappa shape index (κ3) is 18.6. The van der Waals surface area contributed by atoms with Gasteiger partial charge in [-0.05, 0) is 99.7 Å². The Morgan fingerprint density at radius 2 is 1.23 bits per heavy atom. The largest absolute Gasteiger partial charge is 0.417 e. The Balaban J connectivity index is 1.35. The number of benzene rings is 1. The molecule has 0 bridgehead atoms. The number of amides is 11. The van der Waals surface area contributed by atoms with Crippen LogP contribution in [0, 0.1) is 23.7 Å². The topological polar surface area (TPSA) is 259 Å². The van der Waals surface area contributed by atoms with E-state index in [0.717, 1.165) is 66.9 Å². The van der Waals surface area contributed by atoms with Crippen molar-refractivity contribution in [1.29, 1.82) is 0 Å². The Bertz CT molecular complexity index is 2790. The third-order valence-corrected chi connectivity index (χ3v) is 19.5. The fourth-order valence-electron chi connectivity index (χ4n) is 13.3. The summed E-state index contributed by atoms with van der Waals surface area (Å²) in [7, 11) is 8.60. The van der Waals surface area contributed by atoms with Crippen molar-refractivity contribution in [2.45, 2.75) is 211 Å². The van der Waals surface area contributed by atoms with Gasteiger partial charge in [-0.25, -0.2) is 0 Å². The summed E-state index contributed by atoms with van der Waals surface area (Å²) < 4.78 is 41.3. The molecule has 2 heterocycles. The molecule has 2 aliphatic heterocycles. The first kappa shape index (κ1) is 72.5. The van der Waals surface area contributed by atoms with Gasteiger partial charge in [-0.3, -0.25) is 52.7 Å². The van der Waals surface area contributed by atoms with Gasteiger partial charge < -0.3 is 55.6 Å². The quantitative estimate of drug-likeness (QED) is 0.245. The summed E-state index contributed by atoms with van der Waals surface area (Å²) >= 11 is 6.11. The van der Waals surface area contributed by atoms with Crippen LogP contribution < -0.4 is 21.3 Å². The number of likely N-dealkylation sites (N-methyl/N-ethyl adjacent to an activating group) is 6. The Kier molecular flexibility index (Phi) is 25.5. The second-order valence-corrected chi connectivity index (χ2v) is 27.0. The van der Waals surface area contributed by atoms with Gasteiger partial charge in [0, 0.05) is 61.3 Å². The van der Waals surface area contributed by atoms with E-state index in [1.54, 1.807) is 27.7 Å². The van der Waals surface area contributed by atoms with Gasteiger partial charge in [-0.15, -0.1) is 0 Å². The molecule has 1 spiro atoms. The van der Waals surface area contributed by atoms with E-state index in [4.69, 9.17) is 11.6 Å². The number of fused-ring (bicyclic) bond motifs is 1. The van der Waals surface area contributed by atoms with Crippen molar-refractivity contribution in [1.82, 2.24) is 55.6 Å². The van der Waals surface area contributed by atoms with Gasteiger partial charge in [0.1, 0.15) is 41.8 Å². The Hall–Kier alpha value is -6.53. The summed E-state index contributed by atoms with van der Waals surface area (Å²) in [5.74, 6) is -7.41. The molecule has 0 unspecified atom stereocenters. The van der Waals surface area contributed by atoms with E-state index in [0.29, 0.717) is 37.7 Å². The van der Waals surface area contributed by atoms with Gasteiger partial charge >= 0.3 is 6.18 Å². The average Bonchev–Trinajstić information content (AvgIpc) is 1.54. The number of rotatable bonds is 10. The maximum atomic E-state index is 15.0. The zero-order valence-corrected chi connectivity index (χ0v) is 55.2. The van der Waals surface area contributed by atoms with Crippen LogP contribution in [0.5, 0.6) is 0 Å². The number of halogens is 4. The standard InChI is InChI=1S/C64H97ClF3N11O11/c1-12-39(4)54-61(89)75(8)36-52(82)73(6)37-53(83)77(10)49(34-41-19-14-13-15-20-41)60(88)74(7)35-50(80)70-46(27-25-42-24-26-44(45(65)32-42)64(66,67)68)59(87)79-30-18-21-47(79)57(85)72-63(28-16-17-29-63)62(90)78(11)55(38(2)3)58(86)69-40(5)31-51(81)76(9)48(56(84)71-54)33-43-22-23-43/h24,26,32,38-41,43,46-49,54-55H,12-23,25,27-31,33-37H2,1-11H3,(H,69,86)(H,70,80)(H,71,84)(H,72,85)/t39-,40+,46-,47-,48-,49-,54-,55-/m0/s1. The van der Waals surface area contributed by atoms with E-state index >= 15 is 0 Å². The van der Waals surface area contributed by atoms with Crippen LogP contribution in [0.15, 0.2) is 18.2 Å². The van der Waals surface area contributed by atoms with Crippen LogP contribution in [0.3, 0.4) is 0 Å². The Morgan fingerprint density at radius 1 is 0.633 bits per heavy atom. The number of nitrogens with one attached hydrogen (secondary N) is 4. The van der Waals surface area contributed by atoms with Crippen LogP contribution in [0.25, 0.3) is 0 Å². The van der Waals surface area contributed by atoms with Crippen molar-refractivity contribution < 1.29 is 65.9 Å². The first-order valence-corrected chi connectivity index (χ1v) is 32.6. The number of hydrogen-bond donors (Lipinski definition) is 4. The molecule has 8 atom stereocenters. The number of carbonyl (C=O) groups is 11. The van der Waals surface area contributed by atoms with E-state index < -0.39 is 161 Å². The predicted octanol–water partition coefficient (Wildman–Crippen LogP) is 4.92. The Labute approximate surface area is 533 Å². The van der Waals surface area contributed by atoms with Gasteiger partial charge in [-0.1, -0.05) is 110 Å². The summed E-state index contributed by atoms with van der Waals surface area (Å²) in [6.07, 6.45) is 3.94. The van der Waals surface area contributed by atoms with Crippen LogP contribution in [0.2, 0.25) is 5.02 Å². The minimum atomic E-state index is -4.74. The van der Waals surface area contributed by atoms with Gasteiger partial charge in [0.05, 0.1) is 30.2 Å². The molecule has 26 heteroatoms. The van der Waals surface area contributed by atoms with Gasteiger partial charge in [0.25, 0.3) is 0 Å². The summed E-state index contributed by atoms with van der Waals surface area (Å²) in [6, 6.07) is -4.46. The fraction of sp³-hybridized carbons (Fsp3) is 0.734. The molecule has 11 amide bonds. The number of hydrogen-bond acceptors (Lipinski definition) is 11. The molecule has 0 aromatic heterocycles. The van der Waals surface area contributed by atoms with E-state index in [1.807, 2.05) is 6.92 Å². The van der Waals surface area contributed by atoms with Gasteiger partial charge in [0.15, 0.2) is 0 Å². The monoisotopic (exact) mass is 1290 g/mol. The lowest BCUT2D eigenvalue weighted by atomic mass is 9.84. The summed E-state index contributed by atoms with van der Waals surface area (Å²) in [6.45, 7) is 7.26. The Morgan fingerprint density at radius 3 is 1.83 bits per heavy atom. The molecule has 1 aromatic carbocycles. The zero-order valence-electron chi connectivity index (χ0n) is 54.5. The molecule has 1 aromatic rings. The first-order chi connectivity index (χ1) is 42.3. The predicted molar refractivity (Wildman–Crippen MR) is 330 cm³/mol. The molecule has 3 saturated carbocycles. The van der Waals surface area contributed by atoms with Gasteiger partial charge in [-0.2, -0.15) is 13.2 Å². The second-order valence-electron chi connectivity index (χ2n) is 26.6. The molecular weight excluding hydrogens is 1190 g/mol. The molecule has 3 aliphatic carbocycles. The molecule has 4 N–H and O–H groups in total. The van der Waals surface area contributed by atoms with Crippen LogP contribution in [0.4, 0.5) is 13.2 Å². The van der Waals surface area contributed by atoms with Crippen molar-refractivity contribution in [2.24, 2.45) is 23.7 Å². The van der Waals surface area contributed by atoms with Crippen LogP contribution in [-0.4, -0.2) is 216 Å². The molecule has 502 valence electrons. The highest BCUT2D eigenvalue weighted by atomic mass is 35.5. The summed E-state index contributed by atoms with van der Waals surface area (Å²) in [5.41, 5.74) is -2.24. The van der Waals surface area contributed by atoms with Crippen molar-refractivity contribution >= 4 is 76.6 Å². The lowest BCUT2D eigenvalue weighted by Crippen LogP contribution is -2.64. The highest BCUT2D eigenvalue weighted by Crippen LogP contribution is 2.38. The van der Waals surface area contributed by atoms with E-state index in [1.165, 1.54) is 72.9 Å². The molecule has 2 saturated heterocycles. The van der Waals surface area contributed by atoms with Crippen molar-refractivity contribution in [3.8, 4) is 0 Å². The number of aryl methyl sites for hydroxylation is 1. The number of alkyl halides is 3. The molecule has 5 aliphatic rings. The SMILES string of the molecule is CC[C@H](C)[C@@H]1NC(=O)[C@H](CC2CC2)N(C)C(=O)C[C@@H](C)NC(=O)[C@H](C(C)C)N(C)C(=O)C2(CCCC2)NC(=O)[C@@H]2CCCN2C(=O)[C@H](CCc2ccc(C(F)(F)F)c(Cl)c2)NC(=O)CN(C)C(=O)[C@H](CC2CCCCC2)N(C)C(=O)CN(C)C(=O)CN(C)C1=O. The first-order valence-electron chi connectivity index (χ1n) is 32.2. The molecule has 6 rings (SSSR count). The molecular formula is C64H97ClF3N11O11. The normalized spacial score (nSPS) is 27.1. The molecule has 22 nitrogen and oxygen atoms in total. The highest BCUT2D eigenvalue weighted by molar-refractivity contribution is 6.31. The minimum absolute atomic E-state index is 0.0369. The minimum Gasteiger partial charge on any atom is -0.351 e. The van der Waals surface area contributed by atoms with Crippen molar-refractivity contribution in [3.63, 3.8) is 0 Å². The highest BCUT2D eigenvalue weighted by Gasteiger charge is 2.50. The zero-order chi connectivity index (χ0) is 66.7. The van der Waals surface area contributed by atoms with E-state index in [9.17, 15) is 65.9 Å².